The molecule has 27 heavy (non-hydrogen) atoms. The number of amides is 1. The van der Waals surface area contributed by atoms with Gasteiger partial charge in [-0.15, -0.1) is 0 Å². The Bertz CT molecular complexity index is 1110. The highest BCUT2D eigenvalue weighted by Crippen LogP contribution is 2.28. The van der Waals surface area contributed by atoms with E-state index in [0.717, 1.165) is 6.26 Å². The highest BCUT2D eigenvalue weighted by molar-refractivity contribution is 7.92. The number of carbonyl (C=O) groups excluding carboxylic acids is 1. The molecule has 0 unspecified atom stereocenters. The summed E-state index contributed by atoms with van der Waals surface area (Å²) in [5.41, 5.74) is 2.24. The zero-order valence-corrected chi connectivity index (χ0v) is 15.9. The summed E-state index contributed by atoms with van der Waals surface area (Å²) in [6.45, 7) is 1.99. The summed E-state index contributed by atoms with van der Waals surface area (Å²) >= 11 is 0. The maximum Gasteiger partial charge on any atom is 0.255 e. The number of halogens is 1. The van der Waals surface area contributed by atoms with Crippen LogP contribution >= 0.6 is 0 Å². The van der Waals surface area contributed by atoms with Crippen LogP contribution in [0.15, 0.2) is 42.6 Å². The molecular formula is C18H19FN4O3S. The van der Waals surface area contributed by atoms with Gasteiger partial charge < -0.3 is 5.32 Å². The standard InChI is InChI=1S/C18H19FN4O3S/c1-4-23(27(3,25)26)14-9-10-15-16(18(24)20-2)17(21-22(15)11-14)12-5-7-13(19)8-6-12/h5-11H,4H2,1-3H3,(H,20,24). The second kappa shape index (κ2) is 6.99. The summed E-state index contributed by atoms with van der Waals surface area (Å²) in [6, 6.07) is 8.94. The Kier molecular flexibility index (Phi) is 4.88. The second-order valence-electron chi connectivity index (χ2n) is 5.95. The maximum atomic E-state index is 13.3. The number of hydrogen-bond acceptors (Lipinski definition) is 4. The van der Waals surface area contributed by atoms with Gasteiger partial charge in [-0.05, 0) is 43.3 Å². The molecule has 0 aliphatic carbocycles. The Labute approximate surface area is 156 Å². The van der Waals surface area contributed by atoms with E-state index in [1.54, 1.807) is 37.4 Å². The third-order valence-electron chi connectivity index (χ3n) is 4.16. The van der Waals surface area contributed by atoms with Crippen molar-refractivity contribution in [1.82, 2.24) is 14.9 Å². The molecule has 1 N–H and O–H groups in total. The van der Waals surface area contributed by atoms with E-state index >= 15 is 0 Å². The smallest absolute Gasteiger partial charge is 0.255 e. The van der Waals surface area contributed by atoms with Gasteiger partial charge in [-0.3, -0.25) is 9.10 Å². The Hall–Kier alpha value is -2.94. The molecule has 0 saturated heterocycles. The average Bonchev–Trinajstić information content (AvgIpc) is 2.99. The molecule has 0 atom stereocenters. The Morgan fingerprint density at radius 1 is 1.22 bits per heavy atom. The number of nitrogens with zero attached hydrogens (tertiary/aromatic N) is 3. The van der Waals surface area contributed by atoms with E-state index in [0.29, 0.717) is 28.0 Å². The minimum atomic E-state index is -3.45. The fraction of sp³-hybridized carbons (Fsp3) is 0.222. The van der Waals surface area contributed by atoms with Crippen LogP contribution in [0.1, 0.15) is 17.3 Å². The van der Waals surface area contributed by atoms with Crippen LogP contribution in [0, 0.1) is 5.82 Å². The molecule has 3 aromatic rings. The fourth-order valence-corrected chi connectivity index (χ4v) is 3.91. The molecule has 1 aromatic carbocycles. The zero-order chi connectivity index (χ0) is 19.8. The van der Waals surface area contributed by atoms with Gasteiger partial charge in [-0.1, -0.05) is 0 Å². The molecule has 3 rings (SSSR count). The first-order chi connectivity index (χ1) is 12.8. The molecule has 0 spiro atoms. The monoisotopic (exact) mass is 390 g/mol. The third kappa shape index (κ3) is 3.50. The number of aromatic nitrogens is 2. The minimum absolute atomic E-state index is 0.263. The fourth-order valence-electron chi connectivity index (χ4n) is 2.95. The number of rotatable bonds is 5. The van der Waals surface area contributed by atoms with E-state index in [-0.39, 0.29) is 12.5 Å². The van der Waals surface area contributed by atoms with Gasteiger partial charge in [0.15, 0.2) is 0 Å². The Morgan fingerprint density at radius 3 is 2.44 bits per heavy atom. The largest absolute Gasteiger partial charge is 0.355 e. The van der Waals surface area contributed by atoms with Crippen molar-refractivity contribution in [3.05, 3.63) is 54.0 Å². The molecule has 0 bridgehead atoms. The van der Waals surface area contributed by atoms with Crippen molar-refractivity contribution < 1.29 is 17.6 Å². The molecule has 9 heteroatoms. The second-order valence-corrected chi connectivity index (χ2v) is 7.86. The van der Waals surface area contributed by atoms with Gasteiger partial charge in [0.2, 0.25) is 10.0 Å². The lowest BCUT2D eigenvalue weighted by atomic mass is 10.1. The SMILES string of the molecule is CCN(c1ccc2c(C(=O)NC)c(-c3ccc(F)cc3)nn2c1)S(C)(=O)=O. The quantitative estimate of drug-likeness (QED) is 0.725. The predicted octanol–water partition coefficient (Wildman–Crippen LogP) is 2.29. The maximum absolute atomic E-state index is 13.3. The van der Waals surface area contributed by atoms with Crippen LogP contribution < -0.4 is 9.62 Å². The first kappa shape index (κ1) is 18.8. The van der Waals surface area contributed by atoms with E-state index in [1.807, 2.05) is 0 Å². The molecule has 0 radical (unpaired) electrons. The number of nitrogens with one attached hydrogen (secondary N) is 1. The van der Waals surface area contributed by atoms with E-state index < -0.39 is 15.8 Å². The molecule has 2 heterocycles. The lowest BCUT2D eigenvalue weighted by Crippen LogP contribution is -2.29. The number of fused-ring (bicyclic) bond motifs is 1. The number of hydrogen-bond donors (Lipinski definition) is 1. The van der Waals surface area contributed by atoms with Gasteiger partial charge in [0.1, 0.15) is 11.5 Å². The van der Waals surface area contributed by atoms with Gasteiger partial charge in [0.25, 0.3) is 5.91 Å². The van der Waals surface area contributed by atoms with Crippen LogP contribution in [0.5, 0.6) is 0 Å². The summed E-state index contributed by atoms with van der Waals surface area (Å²) in [4.78, 5) is 12.4. The summed E-state index contributed by atoms with van der Waals surface area (Å²) in [6.07, 6.45) is 2.68. The number of carbonyl (C=O) groups is 1. The number of pyridine rings is 1. The summed E-state index contributed by atoms with van der Waals surface area (Å²) in [5, 5.41) is 7.03. The van der Waals surface area contributed by atoms with Crippen molar-refractivity contribution in [2.45, 2.75) is 6.92 Å². The van der Waals surface area contributed by atoms with E-state index in [2.05, 4.69) is 10.4 Å². The zero-order valence-electron chi connectivity index (χ0n) is 15.1. The van der Waals surface area contributed by atoms with Crippen molar-refractivity contribution in [3.8, 4) is 11.3 Å². The van der Waals surface area contributed by atoms with Gasteiger partial charge >= 0.3 is 0 Å². The van der Waals surface area contributed by atoms with Crippen LogP contribution in [0.4, 0.5) is 10.1 Å². The molecule has 2 aromatic heterocycles. The van der Waals surface area contributed by atoms with Crippen molar-refractivity contribution in [1.29, 1.82) is 0 Å². The van der Waals surface area contributed by atoms with Gasteiger partial charge in [0.05, 0.1) is 29.2 Å². The minimum Gasteiger partial charge on any atom is -0.355 e. The van der Waals surface area contributed by atoms with E-state index in [9.17, 15) is 17.6 Å². The van der Waals surface area contributed by atoms with Gasteiger partial charge in [-0.25, -0.2) is 17.3 Å². The Morgan fingerprint density at radius 2 is 1.89 bits per heavy atom. The topological polar surface area (TPSA) is 83.8 Å². The molecule has 1 amide bonds. The first-order valence-corrected chi connectivity index (χ1v) is 10.1. The van der Waals surface area contributed by atoms with Crippen molar-refractivity contribution in [3.63, 3.8) is 0 Å². The first-order valence-electron chi connectivity index (χ1n) is 8.24. The van der Waals surface area contributed by atoms with Crippen molar-refractivity contribution >= 4 is 27.1 Å². The average molecular weight is 390 g/mol. The Balaban J connectivity index is 2.24. The van der Waals surface area contributed by atoms with Crippen LogP contribution in [0.3, 0.4) is 0 Å². The lowest BCUT2D eigenvalue weighted by molar-refractivity contribution is 0.0965. The highest BCUT2D eigenvalue weighted by Gasteiger charge is 2.22. The van der Waals surface area contributed by atoms with E-state index in [4.69, 9.17) is 0 Å². The highest BCUT2D eigenvalue weighted by atomic mass is 32.2. The van der Waals surface area contributed by atoms with Gasteiger partial charge in [-0.2, -0.15) is 5.10 Å². The number of anilines is 1. The van der Waals surface area contributed by atoms with Crippen LogP contribution in [0.2, 0.25) is 0 Å². The van der Waals surface area contributed by atoms with Crippen LogP contribution in [-0.4, -0.2) is 43.8 Å². The molecule has 0 aliphatic heterocycles. The van der Waals surface area contributed by atoms with Gasteiger partial charge in [0, 0.05) is 19.2 Å². The lowest BCUT2D eigenvalue weighted by Gasteiger charge is -2.20. The summed E-state index contributed by atoms with van der Waals surface area (Å²) in [5.74, 6) is -0.731. The normalized spacial score (nSPS) is 11.6. The molecule has 142 valence electrons. The van der Waals surface area contributed by atoms with Crippen LogP contribution in [-0.2, 0) is 10.0 Å². The van der Waals surface area contributed by atoms with Crippen molar-refractivity contribution in [2.75, 3.05) is 24.2 Å². The number of sulfonamides is 1. The number of benzene rings is 1. The van der Waals surface area contributed by atoms with E-state index in [1.165, 1.54) is 28.0 Å². The molecular weight excluding hydrogens is 371 g/mol. The molecule has 0 saturated carbocycles. The molecule has 0 aliphatic rings. The molecule has 0 fully saturated rings. The third-order valence-corrected chi connectivity index (χ3v) is 5.43. The summed E-state index contributed by atoms with van der Waals surface area (Å²) in [7, 11) is -1.94. The molecule has 7 nitrogen and oxygen atoms in total. The summed E-state index contributed by atoms with van der Waals surface area (Å²) < 4.78 is 39.9. The van der Waals surface area contributed by atoms with Crippen LogP contribution in [0.25, 0.3) is 16.8 Å². The predicted molar refractivity (Wildman–Crippen MR) is 102 cm³/mol. The van der Waals surface area contributed by atoms with Crippen molar-refractivity contribution in [2.24, 2.45) is 0 Å².